The third-order valence-corrected chi connectivity index (χ3v) is 5.26. The molecule has 0 spiro atoms. The second-order valence-electron chi connectivity index (χ2n) is 8.71. The SMILES string of the molecule is CC(C)(C)c1ccc(-c2ccc3cc(C(=O)NC[C@@H](N)CCCN)[nH]c3c2)cc1. The number of benzene rings is 2. The molecule has 0 unspecified atom stereocenters. The fraction of sp³-hybridized carbons (Fsp3) is 0.375. The van der Waals surface area contributed by atoms with Gasteiger partial charge in [0, 0.05) is 23.5 Å². The highest BCUT2D eigenvalue weighted by molar-refractivity contribution is 5.98. The number of aromatic amines is 1. The molecule has 5 heteroatoms. The monoisotopic (exact) mass is 392 g/mol. The van der Waals surface area contributed by atoms with Crippen molar-refractivity contribution >= 4 is 16.8 Å². The number of hydrogen-bond acceptors (Lipinski definition) is 3. The zero-order chi connectivity index (χ0) is 21.0. The van der Waals surface area contributed by atoms with Gasteiger partial charge in [-0.1, -0.05) is 57.2 Å². The summed E-state index contributed by atoms with van der Waals surface area (Å²) in [7, 11) is 0. The molecule has 0 aliphatic rings. The van der Waals surface area contributed by atoms with Gasteiger partial charge < -0.3 is 21.8 Å². The van der Waals surface area contributed by atoms with E-state index in [1.807, 2.05) is 12.1 Å². The van der Waals surface area contributed by atoms with E-state index >= 15 is 0 Å². The van der Waals surface area contributed by atoms with Crippen molar-refractivity contribution in [2.75, 3.05) is 13.1 Å². The topological polar surface area (TPSA) is 96.9 Å². The van der Waals surface area contributed by atoms with E-state index in [2.05, 4.69) is 67.5 Å². The lowest BCUT2D eigenvalue weighted by Gasteiger charge is -2.19. The van der Waals surface area contributed by atoms with Gasteiger partial charge in [0.15, 0.2) is 0 Å². The van der Waals surface area contributed by atoms with E-state index < -0.39 is 0 Å². The summed E-state index contributed by atoms with van der Waals surface area (Å²) in [5.41, 5.74) is 16.7. The van der Waals surface area contributed by atoms with Crippen molar-refractivity contribution < 1.29 is 4.79 Å². The molecule has 0 fully saturated rings. The first-order valence-corrected chi connectivity index (χ1v) is 10.3. The first-order valence-electron chi connectivity index (χ1n) is 10.3. The Kier molecular flexibility index (Phi) is 6.40. The van der Waals surface area contributed by atoms with Crippen molar-refractivity contribution in [3.63, 3.8) is 0 Å². The molecule has 3 rings (SSSR count). The molecule has 154 valence electrons. The molecule has 0 radical (unpaired) electrons. The molecule has 0 bridgehead atoms. The maximum absolute atomic E-state index is 12.5. The quantitative estimate of drug-likeness (QED) is 0.490. The first-order chi connectivity index (χ1) is 13.8. The Labute approximate surface area is 172 Å². The minimum atomic E-state index is -0.138. The predicted molar refractivity (Wildman–Crippen MR) is 121 cm³/mol. The second-order valence-corrected chi connectivity index (χ2v) is 8.71. The molecule has 2 aromatic carbocycles. The summed E-state index contributed by atoms with van der Waals surface area (Å²) < 4.78 is 0. The van der Waals surface area contributed by atoms with E-state index in [9.17, 15) is 4.79 Å². The molecule has 0 saturated carbocycles. The molecule has 3 aromatic rings. The van der Waals surface area contributed by atoms with E-state index in [-0.39, 0.29) is 17.4 Å². The van der Waals surface area contributed by atoms with Gasteiger partial charge in [0.2, 0.25) is 0 Å². The summed E-state index contributed by atoms with van der Waals surface area (Å²) in [6.45, 7) is 7.70. The standard InChI is InChI=1S/C24H32N4O/c1-24(2,3)19-10-8-16(9-11-19)17-6-7-18-14-22(28-21(18)13-17)23(29)27-15-20(26)5-4-12-25/h6-11,13-14,20,28H,4-5,12,15,25-26H2,1-3H3,(H,27,29)/t20-/m0/s1. The van der Waals surface area contributed by atoms with Crippen LogP contribution >= 0.6 is 0 Å². The number of carbonyl (C=O) groups excluding carboxylic acids is 1. The smallest absolute Gasteiger partial charge is 0.267 e. The van der Waals surface area contributed by atoms with Gasteiger partial charge in [-0.25, -0.2) is 0 Å². The van der Waals surface area contributed by atoms with Crippen LogP contribution in [0.4, 0.5) is 0 Å². The van der Waals surface area contributed by atoms with Gasteiger partial charge in [0.05, 0.1) is 0 Å². The minimum absolute atomic E-state index is 0.0745. The number of hydrogen-bond donors (Lipinski definition) is 4. The Balaban J connectivity index is 1.73. The maximum atomic E-state index is 12.5. The number of amides is 1. The van der Waals surface area contributed by atoms with Gasteiger partial charge in [0.1, 0.15) is 5.69 Å². The van der Waals surface area contributed by atoms with Crippen molar-refractivity contribution in [2.24, 2.45) is 11.5 Å². The Morgan fingerprint density at radius 3 is 2.41 bits per heavy atom. The average molecular weight is 393 g/mol. The Bertz CT molecular complexity index is 967. The lowest BCUT2D eigenvalue weighted by atomic mass is 9.86. The summed E-state index contributed by atoms with van der Waals surface area (Å²) >= 11 is 0. The van der Waals surface area contributed by atoms with Crippen molar-refractivity contribution in [2.45, 2.75) is 45.1 Å². The van der Waals surface area contributed by atoms with Crippen LogP contribution in [0.3, 0.4) is 0 Å². The van der Waals surface area contributed by atoms with E-state index in [0.29, 0.717) is 18.8 Å². The molecule has 0 aliphatic heterocycles. The normalized spacial score (nSPS) is 12.9. The Morgan fingerprint density at radius 1 is 1.07 bits per heavy atom. The molecule has 1 heterocycles. The molecule has 0 aliphatic carbocycles. The fourth-order valence-corrected chi connectivity index (χ4v) is 3.39. The van der Waals surface area contributed by atoms with Crippen LogP contribution in [0, 0.1) is 0 Å². The van der Waals surface area contributed by atoms with Crippen molar-refractivity contribution in [3.8, 4) is 11.1 Å². The number of nitrogens with two attached hydrogens (primary N) is 2. The van der Waals surface area contributed by atoms with E-state index in [1.54, 1.807) is 0 Å². The second kappa shape index (κ2) is 8.80. The van der Waals surface area contributed by atoms with Crippen LogP contribution in [0.2, 0.25) is 0 Å². The van der Waals surface area contributed by atoms with Crippen LogP contribution in [0.25, 0.3) is 22.0 Å². The maximum Gasteiger partial charge on any atom is 0.267 e. The van der Waals surface area contributed by atoms with Crippen LogP contribution in [0.5, 0.6) is 0 Å². The van der Waals surface area contributed by atoms with Crippen LogP contribution in [0.15, 0.2) is 48.5 Å². The summed E-state index contributed by atoms with van der Waals surface area (Å²) in [6, 6.07) is 16.7. The number of rotatable bonds is 7. The minimum Gasteiger partial charge on any atom is -0.351 e. The molecule has 1 amide bonds. The largest absolute Gasteiger partial charge is 0.351 e. The highest BCUT2D eigenvalue weighted by Crippen LogP contribution is 2.28. The molecular formula is C24H32N4O. The van der Waals surface area contributed by atoms with Crippen molar-refractivity contribution in [1.29, 1.82) is 0 Å². The number of fused-ring (bicyclic) bond motifs is 1. The highest BCUT2D eigenvalue weighted by Gasteiger charge is 2.14. The van der Waals surface area contributed by atoms with Gasteiger partial charge >= 0.3 is 0 Å². The zero-order valence-corrected chi connectivity index (χ0v) is 17.6. The Hall–Kier alpha value is -2.63. The number of aromatic nitrogens is 1. The van der Waals surface area contributed by atoms with Crippen molar-refractivity contribution in [1.82, 2.24) is 10.3 Å². The zero-order valence-electron chi connectivity index (χ0n) is 17.6. The third kappa shape index (κ3) is 5.25. The van der Waals surface area contributed by atoms with E-state index in [0.717, 1.165) is 34.9 Å². The molecule has 5 nitrogen and oxygen atoms in total. The first kappa shape index (κ1) is 21.1. The number of H-pyrrole nitrogens is 1. The summed E-state index contributed by atoms with van der Waals surface area (Å²) in [5, 5.41) is 3.91. The summed E-state index contributed by atoms with van der Waals surface area (Å²) in [4.78, 5) is 15.7. The molecule has 0 saturated heterocycles. The number of carbonyl (C=O) groups is 1. The lowest BCUT2D eigenvalue weighted by molar-refractivity contribution is 0.0946. The van der Waals surface area contributed by atoms with Gasteiger partial charge in [-0.05, 0) is 53.6 Å². The Morgan fingerprint density at radius 2 is 1.76 bits per heavy atom. The third-order valence-electron chi connectivity index (χ3n) is 5.26. The predicted octanol–water partition coefficient (Wildman–Crippen LogP) is 3.93. The summed E-state index contributed by atoms with van der Waals surface area (Å²) in [5.74, 6) is -0.138. The van der Waals surface area contributed by atoms with E-state index in [1.165, 1.54) is 5.56 Å². The highest BCUT2D eigenvalue weighted by atomic mass is 16.1. The van der Waals surface area contributed by atoms with Crippen LogP contribution in [0.1, 0.15) is 49.7 Å². The molecule has 1 aromatic heterocycles. The average Bonchev–Trinajstić information content (AvgIpc) is 3.13. The fourth-order valence-electron chi connectivity index (χ4n) is 3.39. The van der Waals surface area contributed by atoms with Gasteiger partial charge in [0.25, 0.3) is 5.91 Å². The van der Waals surface area contributed by atoms with Gasteiger partial charge in [-0.15, -0.1) is 0 Å². The van der Waals surface area contributed by atoms with Crippen LogP contribution in [-0.2, 0) is 5.41 Å². The van der Waals surface area contributed by atoms with Gasteiger partial charge in [-0.3, -0.25) is 4.79 Å². The summed E-state index contributed by atoms with van der Waals surface area (Å²) in [6.07, 6.45) is 1.67. The molecule has 6 N–H and O–H groups in total. The van der Waals surface area contributed by atoms with Gasteiger partial charge in [-0.2, -0.15) is 0 Å². The van der Waals surface area contributed by atoms with Crippen LogP contribution in [-0.4, -0.2) is 30.0 Å². The van der Waals surface area contributed by atoms with Crippen LogP contribution < -0.4 is 16.8 Å². The van der Waals surface area contributed by atoms with E-state index in [4.69, 9.17) is 11.5 Å². The molecule has 1 atom stereocenters. The lowest BCUT2D eigenvalue weighted by Crippen LogP contribution is -2.37. The molecule has 29 heavy (non-hydrogen) atoms. The van der Waals surface area contributed by atoms with Crippen molar-refractivity contribution in [3.05, 3.63) is 59.8 Å². The molecular weight excluding hydrogens is 360 g/mol. The number of nitrogens with one attached hydrogen (secondary N) is 2.